The molecule has 0 radical (unpaired) electrons. The van der Waals surface area contributed by atoms with Crippen LogP contribution < -0.4 is 10.1 Å². The normalized spacial score (nSPS) is 12.7. The van der Waals surface area contributed by atoms with E-state index in [1.165, 1.54) is 4.90 Å². The molecule has 2 aromatic rings. The van der Waals surface area contributed by atoms with Gasteiger partial charge in [-0.2, -0.15) is 0 Å². The molecule has 0 unspecified atom stereocenters. The molecule has 3 amide bonds. The van der Waals surface area contributed by atoms with Gasteiger partial charge < -0.3 is 90.6 Å². The molecule has 1 atom stereocenters. The topological polar surface area (TPSA) is 267 Å². The predicted octanol–water partition coefficient (Wildman–Crippen LogP) is 3.37. The number of esters is 1. The van der Waals surface area contributed by atoms with Crippen molar-refractivity contribution < 1.29 is 109 Å². The first-order valence-electron chi connectivity index (χ1n) is 29.3. The molecule has 25 heteroatoms. The second-order valence-electron chi connectivity index (χ2n) is 19.6. The number of carbonyl (C=O) groups excluding carboxylic acids is 5. The summed E-state index contributed by atoms with van der Waals surface area (Å²) in [6.45, 7) is 18.0. The molecule has 3 rings (SSSR count). The lowest BCUT2D eigenvalue weighted by Gasteiger charge is -2.20. The van der Waals surface area contributed by atoms with E-state index in [-0.39, 0.29) is 82.3 Å². The highest BCUT2D eigenvalue weighted by molar-refractivity contribution is 6.21. The van der Waals surface area contributed by atoms with E-state index in [1.807, 2.05) is 0 Å². The van der Waals surface area contributed by atoms with E-state index in [0.29, 0.717) is 202 Å². The van der Waals surface area contributed by atoms with Gasteiger partial charge in [-0.1, -0.05) is 24.3 Å². The summed E-state index contributed by atoms with van der Waals surface area (Å²) in [5.74, 6) is -1.15. The molecule has 1 heterocycles. The summed E-state index contributed by atoms with van der Waals surface area (Å²) in [7, 11) is 1.64. The van der Waals surface area contributed by atoms with Gasteiger partial charge in [-0.15, -0.1) is 0 Å². The van der Waals surface area contributed by atoms with Crippen molar-refractivity contribution in [3.05, 3.63) is 65.2 Å². The Morgan fingerprint density at radius 3 is 1.18 bits per heavy atom. The van der Waals surface area contributed by atoms with Crippen molar-refractivity contribution in [3.63, 3.8) is 0 Å². The van der Waals surface area contributed by atoms with Crippen molar-refractivity contribution in [1.82, 2.24) is 10.2 Å². The van der Waals surface area contributed by atoms with Gasteiger partial charge in [-0.25, -0.2) is 4.79 Å². The Balaban J connectivity index is 1.14. The van der Waals surface area contributed by atoms with E-state index >= 15 is 0 Å². The average molecular weight is 1210 g/mol. The van der Waals surface area contributed by atoms with E-state index in [1.54, 1.807) is 76.4 Å². The summed E-state index contributed by atoms with van der Waals surface area (Å²) in [6.07, 6.45) is 0.907. The van der Waals surface area contributed by atoms with Crippen LogP contribution in [0.25, 0.3) is 0 Å². The van der Waals surface area contributed by atoms with Crippen LogP contribution in [0, 0.1) is 0 Å². The zero-order chi connectivity index (χ0) is 61.1. The summed E-state index contributed by atoms with van der Waals surface area (Å²) in [6, 6.07) is 12.9. The van der Waals surface area contributed by atoms with Gasteiger partial charge in [0.1, 0.15) is 11.4 Å². The molecule has 0 fully saturated rings. The first kappa shape index (κ1) is 74.6. The average Bonchev–Trinajstić information content (AvgIpc) is 3.76. The van der Waals surface area contributed by atoms with Gasteiger partial charge in [0, 0.05) is 26.6 Å². The number of benzene rings is 2. The van der Waals surface area contributed by atoms with Crippen LogP contribution in [0.5, 0.6) is 5.75 Å². The molecular formula is C60H96N2O23. The van der Waals surface area contributed by atoms with E-state index in [9.17, 15) is 24.0 Å². The summed E-state index contributed by atoms with van der Waals surface area (Å²) in [4.78, 5) is 64.8. The van der Waals surface area contributed by atoms with Crippen molar-refractivity contribution in [2.75, 3.05) is 225 Å². The van der Waals surface area contributed by atoms with Crippen LogP contribution in [-0.4, -0.2) is 271 Å². The van der Waals surface area contributed by atoms with Gasteiger partial charge in [0.05, 0.1) is 222 Å². The van der Waals surface area contributed by atoms with E-state index in [4.69, 9.17) is 85.3 Å². The lowest BCUT2D eigenvalue weighted by molar-refractivity contribution is -0.157. The lowest BCUT2D eigenvalue weighted by atomic mass is 9.99. The number of nitrogens with zero attached hydrogens (tertiary/aromatic N) is 1. The minimum absolute atomic E-state index is 0.0358. The van der Waals surface area contributed by atoms with Crippen LogP contribution in [0.1, 0.15) is 66.3 Å². The van der Waals surface area contributed by atoms with E-state index in [2.05, 4.69) is 5.32 Å². The number of Topliss-reactive ketones (excluding diaryl/α,β-unsaturated/α-hetero) is 1. The molecule has 0 aromatic heterocycles. The van der Waals surface area contributed by atoms with Gasteiger partial charge in [-0.3, -0.25) is 24.1 Å². The van der Waals surface area contributed by atoms with E-state index in [0.717, 1.165) is 5.56 Å². The van der Waals surface area contributed by atoms with Gasteiger partial charge >= 0.3 is 5.97 Å². The maximum absolute atomic E-state index is 13.5. The van der Waals surface area contributed by atoms with Crippen LogP contribution >= 0.6 is 0 Å². The number of fused-ring (bicyclic) bond motifs is 1. The van der Waals surface area contributed by atoms with Crippen molar-refractivity contribution in [2.24, 2.45) is 0 Å². The number of ether oxygens (including phenoxy) is 18. The number of amides is 3. The molecule has 1 aliphatic heterocycles. The highest BCUT2D eigenvalue weighted by atomic mass is 16.6. The third-order valence-corrected chi connectivity index (χ3v) is 11.7. The van der Waals surface area contributed by atoms with Crippen molar-refractivity contribution >= 4 is 29.5 Å². The molecule has 85 heavy (non-hydrogen) atoms. The molecule has 0 saturated carbocycles. The largest absolute Gasteiger partial charge is 0.482 e. The molecule has 0 bridgehead atoms. The van der Waals surface area contributed by atoms with Crippen molar-refractivity contribution in [2.45, 2.75) is 58.1 Å². The number of rotatable bonds is 59. The fraction of sp³-hybridized carbons (Fsp3) is 0.717. The number of hydrogen-bond donors (Lipinski definition) is 1. The molecule has 1 N–H and O–H groups in total. The first-order chi connectivity index (χ1) is 41.5. The Morgan fingerprint density at radius 2 is 0.800 bits per heavy atom. The molecule has 2 aromatic carbocycles. The molecule has 0 aliphatic carbocycles. The van der Waals surface area contributed by atoms with Crippen molar-refractivity contribution in [1.29, 1.82) is 0 Å². The van der Waals surface area contributed by atoms with Crippen LogP contribution in [0.15, 0.2) is 48.5 Å². The number of imide groups is 1. The van der Waals surface area contributed by atoms with Crippen molar-refractivity contribution in [3.8, 4) is 5.75 Å². The molecule has 0 saturated heterocycles. The molecule has 1 aliphatic rings. The number of nitrogens with one attached hydrogen (secondary N) is 1. The Labute approximate surface area is 501 Å². The quantitative estimate of drug-likeness (QED) is 0.0565. The molecule has 0 spiro atoms. The van der Waals surface area contributed by atoms with Gasteiger partial charge in [-0.05, 0) is 63.4 Å². The second kappa shape index (κ2) is 50.4. The number of methoxy groups -OCH3 is 1. The highest BCUT2D eigenvalue weighted by Gasteiger charge is 2.34. The summed E-state index contributed by atoms with van der Waals surface area (Å²) >= 11 is 0. The number of ketones is 1. The predicted molar refractivity (Wildman–Crippen MR) is 308 cm³/mol. The number of hydrogen-bond acceptors (Lipinski definition) is 23. The van der Waals surface area contributed by atoms with Gasteiger partial charge in [0.15, 0.2) is 12.4 Å². The van der Waals surface area contributed by atoms with Crippen LogP contribution in [0.3, 0.4) is 0 Å². The second-order valence-corrected chi connectivity index (χ2v) is 19.6. The smallest absolute Gasteiger partial charge is 0.344 e. The standard InChI is InChI=1S/C60H96N2O23/c1-60(2,3)85-57(65)49-84-51-13-11-50(12-14-51)48-54(61-56(64)15-18-70-23-26-74-31-32-75-27-24-71-19-16-62-58(66)52-8-5-6-9-53(52)59(62)67)55(63)10-7-17-69-22-25-73-30-33-77-36-37-79-40-41-81-44-45-83-47-46-82-43-42-80-39-38-78-35-34-76-29-28-72-21-20-68-4/h5-6,8-9,11-14,54H,7,10,15-49H2,1-4H3,(H,61,64)/t54-/m0/s1. The Hall–Kier alpha value is -4.65. The summed E-state index contributed by atoms with van der Waals surface area (Å²) in [5.41, 5.74) is 0.964. The zero-order valence-corrected chi connectivity index (χ0v) is 50.7. The Kier molecular flexibility index (Phi) is 44.2. The van der Waals surface area contributed by atoms with Gasteiger partial charge in [0.2, 0.25) is 5.91 Å². The summed E-state index contributed by atoms with van der Waals surface area (Å²) < 4.78 is 98.7. The molecule has 484 valence electrons. The maximum Gasteiger partial charge on any atom is 0.344 e. The molecule has 25 nitrogen and oxygen atoms in total. The fourth-order valence-corrected chi connectivity index (χ4v) is 7.47. The minimum Gasteiger partial charge on any atom is -0.482 e. The minimum atomic E-state index is -0.799. The van der Waals surface area contributed by atoms with E-state index < -0.39 is 17.6 Å². The maximum atomic E-state index is 13.5. The highest BCUT2D eigenvalue weighted by Crippen LogP contribution is 2.22. The van der Waals surface area contributed by atoms with Crippen LogP contribution in [-0.2, 0) is 101 Å². The van der Waals surface area contributed by atoms with Crippen LogP contribution in [0.4, 0.5) is 0 Å². The Morgan fingerprint density at radius 1 is 0.447 bits per heavy atom. The lowest BCUT2D eigenvalue weighted by Crippen LogP contribution is -2.42. The first-order valence-corrected chi connectivity index (χ1v) is 29.3. The summed E-state index contributed by atoms with van der Waals surface area (Å²) in [5, 5.41) is 2.88. The Bertz CT molecular complexity index is 1990. The monoisotopic (exact) mass is 1210 g/mol. The molecular weight excluding hydrogens is 1120 g/mol. The fourth-order valence-electron chi connectivity index (χ4n) is 7.47. The van der Waals surface area contributed by atoms with Gasteiger partial charge in [0.25, 0.3) is 11.8 Å². The third kappa shape index (κ3) is 39.7. The zero-order valence-electron chi connectivity index (χ0n) is 50.7. The SMILES string of the molecule is COCCOCCOCCOCCOCCOCCOCCOCCOCCOCCOCCOCCCC(=O)[C@H](Cc1ccc(OCC(=O)OC(C)(C)C)cc1)NC(=O)CCOCCOCCOCCOCCN1C(=O)c2ccccc2C1=O. The van der Waals surface area contributed by atoms with Crippen LogP contribution in [0.2, 0.25) is 0 Å². The number of carbonyl (C=O) groups is 5. The third-order valence-electron chi connectivity index (χ3n) is 11.7.